The molecule has 5 rings (SSSR count). The Morgan fingerprint density at radius 1 is 1.03 bits per heavy atom. The van der Waals surface area contributed by atoms with E-state index in [1.54, 1.807) is 41.4 Å². The number of fused-ring (bicyclic) bond motifs is 1. The van der Waals surface area contributed by atoms with E-state index < -0.39 is 5.82 Å². The van der Waals surface area contributed by atoms with Crippen molar-refractivity contribution in [1.82, 2.24) is 19.5 Å². The van der Waals surface area contributed by atoms with Gasteiger partial charge in [-0.3, -0.25) is 0 Å². The first-order chi connectivity index (χ1) is 16.7. The molecule has 180 valence electrons. The highest BCUT2D eigenvalue weighted by Crippen LogP contribution is 2.45. The number of aryl methyl sites for hydroxylation is 1. The molecular weight excluding hydrogens is 448 g/mol. The molecule has 35 heavy (non-hydrogen) atoms. The summed E-state index contributed by atoms with van der Waals surface area (Å²) in [5.74, 6) is 1.08. The van der Waals surface area contributed by atoms with Crippen LogP contribution in [0.1, 0.15) is 31.5 Å². The molecule has 0 fully saturated rings. The third-order valence-corrected chi connectivity index (χ3v) is 6.35. The second-order valence-corrected chi connectivity index (χ2v) is 9.32. The SMILES string of the molecule is CNc1nc(Nc2ccc(-n3cnc(C)c3)c(F)c2)nc2c1C(C)(C)CCN2c1ccc(F)cc1. The molecule has 0 spiro atoms. The standard InChI is InChI=1S/C26H27F2N7/c1-16-14-34(15-30-16)21-10-7-18(13-20(21)28)31-25-32-23(29-4)22-24(33-25)35(12-11-26(22,2)3)19-8-5-17(27)6-9-19/h5-10,13-15H,11-12H2,1-4H3,(H2,29,31,32,33). The lowest BCUT2D eigenvalue weighted by molar-refractivity contribution is 0.463. The average Bonchev–Trinajstić information content (AvgIpc) is 3.25. The van der Waals surface area contributed by atoms with Gasteiger partial charge in [0.25, 0.3) is 0 Å². The molecule has 9 heteroatoms. The van der Waals surface area contributed by atoms with Gasteiger partial charge in [-0.05, 0) is 61.2 Å². The lowest BCUT2D eigenvalue weighted by Crippen LogP contribution is -2.36. The molecular formula is C26H27F2N7. The zero-order valence-electron chi connectivity index (χ0n) is 20.1. The molecule has 2 aromatic heterocycles. The van der Waals surface area contributed by atoms with Gasteiger partial charge in [-0.2, -0.15) is 9.97 Å². The first kappa shape index (κ1) is 22.8. The summed E-state index contributed by atoms with van der Waals surface area (Å²) in [5, 5.41) is 6.35. The number of nitrogens with zero attached hydrogens (tertiary/aromatic N) is 5. The van der Waals surface area contributed by atoms with Crippen LogP contribution >= 0.6 is 0 Å². The van der Waals surface area contributed by atoms with Crippen molar-refractivity contribution in [3.8, 4) is 5.69 Å². The number of halogens is 2. The molecule has 1 aliphatic heterocycles. The molecule has 0 bridgehead atoms. The number of hydrogen-bond acceptors (Lipinski definition) is 6. The fraction of sp³-hybridized carbons (Fsp3) is 0.269. The summed E-state index contributed by atoms with van der Waals surface area (Å²) in [6.07, 6.45) is 4.23. The van der Waals surface area contributed by atoms with Gasteiger partial charge >= 0.3 is 0 Å². The molecule has 0 amide bonds. The van der Waals surface area contributed by atoms with E-state index in [-0.39, 0.29) is 11.2 Å². The number of imidazole rings is 1. The smallest absolute Gasteiger partial charge is 0.231 e. The van der Waals surface area contributed by atoms with E-state index in [1.165, 1.54) is 18.2 Å². The van der Waals surface area contributed by atoms with E-state index in [1.807, 2.05) is 14.0 Å². The Hall–Kier alpha value is -4.01. The third kappa shape index (κ3) is 4.29. The summed E-state index contributed by atoms with van der Waals surface area (Å²) in [6, 6.07) is 11.3. The molecule has 4 aromatic rings. The van der Waals surface area contributed by atoms with Gasteiger partial charge in [0.05, 0.1) is 17.7 Å². The van der Waals surface area contributed by atoms with Crippen LogP contribution in [0.5, 0.6) is 0 Å². The molecule has 2 N–H and O–H groups in total. The van der Waals surface area contributed by atoms with Gasteiger partial charge in [-0.1, -0.05) is 13.8 Å². The number of rotatable bonds is 5. The molecule has 0 aliphatic carbocycles. The third-order valence-electron chi connectivity index (χ3n) is 6.35. The second kappa shape index (κ2) is 8.65. The van der Waals surface area contributed by atoms with Crippen LogP contribution in [0.15, 0.2) is 55.0 Å². The van der Waals surface area contributed by atoms with Crippen LogP contribution in [0.2, 0.25) is 0 Å². The van der Waals surface area contributed by atoms with Crippen molar-refractivity contribution in [1.29, 1.82) is 0 Å². The van der Waals surface area contributed by atoms with Crippen molar-refractivity contribution in [2.45, 2.75) is 32.6 Å². The average molecular weight is 476 g/mol. The van der Waals surface area contributed by atoms with Gasteiger partial charge in [0.1, 0.15) is 23.3 Å². The van der Waals surface area contributed by atoms with Crippen LogP contribution in [-0.4, -0.2) is 33.1 Å². The fourth-order valence-corrected chi connectivity index (χ4v) is 4.47. The van der Waals surface area contributed by atoms with Gasteiger partial charge in [-0.25, -0.2) is 13.8 Å². The first-order valence-corrected chi connectivity index (χ1v) is 11.5. The van der Waals surface area contributed by atoms with Crippen LogP contribution in [0.25, 0.3) is 5.69 Å². The highest BCUT2D eigenvalue weighted by Gasteiger charge is 2.36. The number of benzene rings is 2. The van der Waals surface area contributed by atoms with Crippen molar-refractivity contribution < 1.29 is 8.78 Å². The molecule has 0 saturated carbocycles. The Balaban J connectivity index is 1.54. The minimum atomic E-state index is -0.395. The summed E-state index contributed by atoms with van der Waals surface area (Å²) in [5.41, 5.74) is 3.40. The number of nitrogens with one attached hydrogen (secondary N) is 2. The van der Waals surface area contributed by atoms with E-state index in [0.717, 1.165) is 35.7 Å². The molecule has 0 unspecified atom stereocenters. The normalized spacial score (nSPS) is 14.5. The maximum atomic E-state index is 14.9. The molecule has 0 atom stereocenters. The van der Waals surface area contributed by atoms with Gasteiger partial charge in [0.15, 0.2) is 0 Å². The van der Waals surface area contributed by atoms with Crippen LogP contribution in [0, 0.1) is 18.6 Å². The summed E-state index contributed by atoms with van der Waals surface area (Å²) >= 11 is 0. The van der Waals surface area contributed by atoms with Crippen molar-refractivity contribution in [2.75, 3.05) is 29.1 Å². The van der Waals surface area contributed by atoms with Crippen LogP contribution in [0.3, 0.4) is 0 Å². The quantitative estimate of drug-likeness (QED) is 0.377. The summed E-state index contributed by atoms with van der Waals surface area (Å²) in [4.78, 5) is 15.8. The lowest BCUT2D eigenvalue weighted by Gasteiger charge is -2.40. The van der Waals surface area contributed by atoms with Gasteiger partial charge in [-0.15, -0.1) is 0 Å². The molecule has 7 nitrogen and oxygen atoms in total. The fourth-order valence-electron chi connectivity index (χ4n) is 4.47. The van der Waals surface area contributed by atoms with E-state index in [2.05, 4.69) is 34.4 Å². The molecule has 0 radical (unpaired) electrons. The van der Waals surface area contributed by atoms with Crippen LogP contribution in [0.4, 0.5) is 37.7 Å². The topological polar surface area (TPSA) is 70.9 Å². The maximum absolute atomic E-state index is 14.9. The Morgan fingerprint density at radius 3 is 2.46 bits per heavy atom. The van der Waals surface area contributed by atoms with Crippen LogP contribution in [-0.2, 0) is 5.41 Å². The Morgan fingerprint density at radius 2 is 1.80 bits per heavy atom. The molecule has 3 heterocycles. The van der Waals surface area contributed by atoms with Crippen LogP contribution < -0.4 is 15.5 Å². The summed E-state index contributed by atoms with van der Waals surface area (Å²) in [7, 11) is 1.82. The lowest BCUT2D eigenvalue weighted by atomic mass is 9.79. The zero-order chi connectivity index (χ0) is 24.7. The Kier molecular flexibility index (Phi) is 5.62. The number of hydrogen-bond donors (Lipinski definition) is 2. The van der Waals surface area contributed by atoms with E-state index in [9.17, 15) is 8.78 Å². The number of aromatic nitrogens is 4. The van der Waals surface area contributed by atoms with Gasteiger partial charge in [0, 0.05) is 36.7 Å². The van der Waals surface area contributed by atoms with Gasteiger partial charge in [0.2, 0.25) is 5.95 Å². The monoisotopic (exact) mass is 475 g/mol. The predicted molar refractivity (Wildman–Crippen MR) is 134 cm³/mol. The zero-order valence-corrected chi connectivity index (χ0v) is 20.1. The minimum absolute atomic E-state index is 0.167. The Bertz CT molecular complexity index is 1380. The highest BCUT2D eigenvalue weighted by molar-refractivity contribution is 5.74. The van der Waals surface area contributed by atoms with Crippen molar-refractivity contribution in [2.24, 2.45) is 0 Å². The first-order valence-electron chi connectivity index (χ1n) is 11.5. The van der Waals surface area contributed by atoms with Crippen molar-refractivity contribution in [3.05, 3.63) is 77.9 Å². The maximum Gasteiger partial charge on any atom is 0.231 e. The predicted octanol–water partition coefficient (Wildman–Crippen LogP) is 5.85. The van der Waals surface area contributed by atoms with Crippen molar-refractivity contribution in [3.63, 3.8) is 0 Å². The molecule has 0 saturated heterocycles. The largest absolute Gasteiger partial charge is 0.373 e. The molecule has 2 aromatic carbocycles. The summed E-state index contributed by atoms with van der Waals surface area (Å²) in [6.45, 7) is 6.90. The van der Waals surface area contributed by atoms with E-state index >= 15 is 0 Å². The Labute approximate surface area is 202 Å². The van der Waals surface area contributed by atoms with E-state index in [4.69, 9.17) is 9.97 Å². The minimum Gasteiger partial charge on any atom is -0.373 e. The second-order valence-electron chi connectivity index (χ2n) is 9.32. The van der Waals surface area contributed by atoms with E-state index in [0.29, 0.717) is 23.1 Å². The summed E-state index contributed by atoms with van der Waals surface area (Å²) < 4.78 is 30.1. The molecule has 1 aliphatic rings. The highest BCUT2D eigenvalue weighted by atomic mass is 19.1. The number of anilines is 5. The van der Waals surface area contributed by atoms with Crippen molar-refractivity contribution >= 4 is 29.0 Å². The van der Waals surface area contributed by atoms with Gasteiger partial charge < -0.3 is 20.1 Å².